The van der Waals surface area contributed by atoms with Gasteiger partial charge in [-0.2, -0.15) is 31.4 Å². The molecule has 1 fully saturated rings. The summed E-state index contributed by atoms with van der Waals surface area (Å²) in [4.78, 5) is 23.0. The van der Waals surface area contributed by atoms with Gasteiger partial charge in [0.25, 0.3) is 0 Å². The van der Waals surface area contributed by atoms with Crippen LogP contribution < -0.4 is 0 Å². The Morgan fingerprint density at radius 2 is 1.51 bits per heavy atom. The van der Waals surface area contributed by atoms with E-state index in [-0.39, 0.29) is 0 Å². The second kappa shape index (κ2) is 13.7. The Morgan fingerprint density at radius 1 is 1.00 bits per heavy atom. The van der Waals surface area contributed by atoms with Gasteiger partial charge in [0.1, 0.15) is 0 Å². The lowest BCUT2D eigenvalue weighted by Gasteiger charge is -2.26. The third-order valence-electron chi connectivity index (χ3n) is 5.58. The van der Waals surface area contributed by atoms with Crippen molar-refractivity contribution in [3.8, 4) is 0 Å². The molecule has 1 aliphatic carbocycles. The van der Waals surface area contributed by atoms with Crippen LogP contribution in [0.2, 0.25) is 0 Å². The van der Waals surface area contributed by atoms with E-state index >= 15 is 0 Å². The fourth-order valence-electron chi connectivity index (χ4n) is 3.51. The number of rotatable bonds is 7. The maximum Gasteiger partial charge on any atom is 0.490 e. The highest BCUT2D eigenvalue weighted by Crippen LogP contribution is 2.31. The zero-order valence-electron chi connectivity index (χ0n) is 19.6. The first kappa shape index (κ1) is 30.7. The number of nitrogens with zero attached hydrogens (tertiary/aromatic N) is 4. The fraction of sp³-hybridized carbons (Fsp3) is 0.762. The standard InChI is InChI=1S/C17H30N4.2C2HF3O2/c1-3-19(4-2)10-8-16-12-20(11-15-5-6-15)14-17-7-9-18-21(17)13-16;2*3-2(4,5)1(6)7/h7,9,15-16H,3-6,8,10-14H2,1-2H3;2*(H,6,7). The normalized spacial score (nSPS) is 18.5. The number of halogens is 6. The van der Waals surface area contributed by atoms with Gasteiger partial charge in [-0.3, -0.25) is 9.58 Å². The minimum Gasteiger partial charge on any atom is -0.475 e. The number of carboxylic acid groups (broad SMARTS) is 2. The predicted molar refractivity (Wildman–Crippen MR) is 114 cm³/mol. The van der Waals surface area contributed by atoms with E-state index < -0.39 is 24.3 Å². The highest BCUT2D eigenvalue weighted by Gasteiger charge is 2.38. The number of alkyl halides is 6. The Kier molecular flexibility index (Phi) is 12.0. The van der Waals surface area contributed by atoms with E-state index in [1.165, 1.54) is 57.7 Å². The number of aromatic nitrogens is 2. The van der Waals surface area contributed by atoms with Crippen molar-refractivity contribution in [1.29, 1.82) is 0 Å². The molecule has 2 N–H and O–H groups in total. The van der Waals surface area contributed by atoms with Crippen LogP contribution >= 0.6 is 0 Å². The van der Waals surface area contributed by atoms with Crippen LogP contribution in [0.1, 0.15) is 38.8 Å². The average molecular weight is 518 g/mol. The van der Waals surface area contributed by atoms with Crippen LogP contribution in [0.15, 0.2) is 12.3 Å². The molecule has 14 heteroatoms. The smallest absolute Gasteiger partial charge is 0.475 e. The summed E-state index contributed by atoms with van der Waals surface area (Å²) in [5.41, 5.74) is 1.40. The Hall–Kier alpha value is -2.35. The first-order valence-electron chi connectivity index (χ1n) is 11.2. The van der Waals surface area contributed by atoms with Gasteiger partial charge in [0.2, 0.25) is 0 Å². The molecule has 3 rings (SSSR count). The maximum absolute atomic E-state index is 10.6. The maximum atomic E-state index is 10.6. The van der Waals surface area contributed by atoms with Gasteiger partial charge in [-0.25, -0.2) is 9.59 Å². The molecule has 0 amide bonds. The Morgan fingerprint density at radius 3 is 1.94 bits per heavy atom. The van der Waals surface area contributed by atoms with Crippen molar-refractivity contribution in [1.82, 2.24) is 19.6 Å². The Bertz CT molecular complexity index is 768. The third kappa shape index (κ3) is 12.3. The summed E-state index contributed by atoms with van der Waals surface area (Å²) in [5, 5.41) is 18.8. The summed E-state index contributed by atoms with van der Waals surface area (Å²) in [6.45, 7) is 12.8. The van der Waals surface area contributed by atoms with E-state index in [1.807, 2.05) is 6.20 Å². The number of aliphatic carboxylic acids is 2. The summed E-state index contributed by atoms with van der Waals surface area (Å²) in [5.74, 6) is -3.80. The molecule has 0 radical (unpaired) electrons. The summed E-state index contributed by atoms with van der Waals surface area (Å²) in [6, 6.07) is 2.20. The second-order valence-electron chi connectivity index (χ2n) is 8.43. The number of hydrogen-bond acceptors (Lipinski definition) is 5. The van der Waals surface area contributed by atoms with Crippen LogP contribution in [0.4, 0.5) is 26.3 Å². The van der Waals surface area contributed by atoms with Crippen molar-refractivity contribution in [2.75, 3.05) is 32.7 Å². The molecule has 1 saturated carbocycles. The van der Waals surface area contributed by atoms with Crippen molar-refractivity contribution in [3.05, 3.63) is 18.0 Å². The molecule has 202 valence electrons. The Balaban J connectivity index is 0.000000362. The predicted octanol–water partition coefficient (Wildman–Crippen LogP) is 3.72. The van der Waals surface area contributed by atoms with Crippen LogP contribution in [-0.2, 0) is 22.7 Å². The molecule has 1 atom stereocenters. The van der Waals surface area contributed by atoms with Crippen molar-refractivity contribution in [2.45, 2.75) is 58.6 Å². The molecule has 2 heterocycles. The molecule has 1 aromatic rings. The fourth-order valence-corrected chi connectivity index (χ4v) is 3.51. The number of carbonyl (C=O) groups is 2. The molecule has 0 bridgehead atoms. The third-order valence-corrected chi connectivity index (χ3v) is 5.58. The highest BCUT2D eigenvalue weighted by molar-refractivity contribution is 5.73. The molecular weight excluding hydrogens is 486 g/mol. The molecule has 0 aromatic carbocycles. The summed E-state index contributed by atoms with van der Waals surface area (Å²) in [7, 11) is 0. The van der Waals surface area contributed by atoms with Gasteiger partial charge in [0.15, 0.2) is 0 Å². The molecule has 1 aromatic heterocycles. The molecular formula is C21H32F6N4O4. The number of fused-ring (bicyclic) bond motifs is 1. The largest absolute Gasteiger partial charge is 0.490 e. The van der Waals surface area contributed by atoms with Crippen molar-refractivity contribution in [2.24, 2.45) is 11.8 Å². The topological polar surface area (TPSA) is 98.9 Å². The van der Waals surface area contributed by atoms with Crippen molar-refractivity contribution < 1.29 is 46.1 Å². The monoisotopic (exact) mass is 518 g/mol. The lowest BCUT2D eigenvalue weighted by atomic mass is 10.0. The van der Waals surface area contributed by atoms with E-state index in [1.54, 1.807) is 0 Å². The molecule has 35 heavy (non-hydrogen) atoms. The average Bonchev–Trinajstić information content (AvgIpc) is 3.49. The SMILES string of the molecule is CCN(CC)CCC1CN(CC2CC2)Cc2ccnn2C1.O=C(O)C(F)(F)F.O=C(O)C(F)(F)F. The van der Waals surface area contributed by atoms with E-state index in [2.05, 4.69) is 39.5 Å². The zero-order valence-corrected chi connectivity index (χ0v) is 19.6. The van der Waals surface area contributed by atoms with Gasteiger partial charge < -0.3 is 15.1 Å². The Labute approximate surface area is 199 Å². The molecule has 0 saturated heterocycles. The van der Waals surface area contributed by atoms with E-state index in [4.69, 9.17) is 19.8 Å². The van der Waals surface area contributed by atoms with Crippen LogP contribution in [-0.4, -0.2) is 86.8 Å². The van der Waals surface area contributed by atoms with Gasteiger partial charge >= 0.3 is 24.3 Å². The molecule has 1 aliphatic heterocycles. The number of carboxylic acids is 2. The highest BCUT2D eigenvalue weighted by atomic mass is 19.4. The van der Waals surface area contributed by atoms with E-state index in [0.29, 0.717) is 0 Å². The van der Waals surface area contributed by atoms with Crippen molar-refractivity contribution >= 4 is 11.9 Å². The van der Waals surface area contributed by atoms with Gasteiger partial charge in [0, 0.05) is 32.4 Å². The summed E-state index contributed by atoms with van der Waals surface area (Å²) in [6.07, 6.45) is -4.01. The van der Waals surface area contributed by atoms with E-state index in [9.17, 15) is 26.3 Å². The van der Waals surface area contributed by atoms with Crippen LogP contribution in [0.25, 0.3) is 0 Å². The quantitative estimate of drug-likeness (QED) is 0.531. The van der Waals surface area contributed by atoms with Crippen LogP contribution in [0.3, 0.4) is 0 Å². The van der Waals surface area contributed by atoms with E-state index in [0.717, 1.165) is 24.9 Å². The van der Waals surface area contributed by atoms with Crippen LogP contribution in [0.5, 0.6) is 0 Å². The van der Waals surface area contributed by atoms with Crippen molar-refractivity contribution in [3.63, 3.8) is 0 Å². The first-order valence-corrected chi connectivity index (χ1v) is 11.2. The summed E-state index contributed by atoms with van der Waals surface area (Å²) >= 11 is 0. The van der Waals surface area contributed by atoms with Gasteiger partial charge in [-0.05, 0) is 56.8 Å². The first-order chi connectivity index (χ1) is 16.2. The minimum atomic E-state index is -5.08. The molecule has 8 nitrogen and oxygen atoms in total. The summed E-state index contributed by atoms with van der Waals surface area (Å²) < 4.78 is 65.7. The number of hydrogen-bond donors (Lipinski definition) is 2. The van der Waals surface area contributed by atoms with Crippen LogP contribution in [0, 0.1) is 11.8 Å². The van der Waals surface area contributed by atoms with Gasteiger partial charge in [-0.1, -0.05) is 13.8 Å². The van der Waals surface area contributed by atoms with Gasteiger partial charge in [0.05, 0.1) is 5.69 Å². The van der Waals surface area contributed by atoms with Gasteiger partial charge in [-0.15, -0.1) is 0 Å². The molecule has 2 aliphatic rings. The second-order valence-corrected chi connectivity index (χ2v) is 8.43. The molecule has 0 spiro atoms. The lowest BCUT2D eigenvalue weighted by molar-refractivity contribution is -0.193. The lowest BCUT2D eigenvalue weighted by Crippen LogP contribution is -2.32. The zero-order chi connectivity index (χ0) is 26.8. The molecule has 1 unspecified atom stereocenters. The minimum absolute atomic E-state index is 0.741.